The number of anilines is 2. The first-order valence-corrected chi connectivity index (χ1v) is 18.0. The summed E-state index contributed by atoms with van der Waals surface area (Å²) in [5.74, 6) is 0.846. The van der Waals surface area contributed by atoms with Crippen molar-refractivity contribution in [2.45, 2.75) is 31.3 Å². The maximum Gasteiger partial charge on any atom is 0.410 e. The lowest BCUT2D eigenvalue weighted by Crippen LogP contribution is -2.39. The van der Waals surface area contributed by atoms with Gasteiger partial charge < -0.3 is 9.47 Å². The van der Waals surface area contributed by atoms with Crippen LogP contribution in [0.25, 0.3) is 0 Å². The molecule has 3 aliphatic rings. The Bertz CT molecular complexity index is 1730. The largest absolute Gasteiger partial charge is 0.447 e. The number of benzene rings is 1. The fourth-order valence-electron chi connectivity index (χ4n) is 5.12. The Morgan fingerprint density at radius 1 is 0.854 bits per heavy atom. The van der Waals surface area contributed by atoms with Crippen LogP contribution in [0, 0.1) is 0 Å². The standard InChI is InChI=1S/C31H32N8O6S3/c40-24(16-38-22(18-44-30(38)42)15-20-7-3-1-4-8-20)32-28-36-34-26(47-28)11-13-46-14-12-27-35-37-29(48-27)33-25(41)17-39-23(19-45-31(39)43)21-9-5-2-6-10-21/h1-7,9-10,15,22-23H,8,11-14,16-19H2,(H,32,36,40)(H,33,37,41). The van der Waals surface area contributed by atoms with Gasteiger partial charge in [-0.3, -0.25) is 30.0 Å². The molecule has 17 heteroatoms. The van der Waals surface area contributed by atoms with Crippen LogP contribution in [-0.2, 0) is 31.9 Å². The summed E-state index contributed by atoms with van der Waals surface area (Å²) in [5.41, 5.74) is 1.97. The fraction of sp³-hybridized carbons (Fsp3) is 0.355. The molecule has 0 spiro atoms. The molecule has 0 radical (unpaired) electrons. The Labute approximate surface area is 288 Å². The van der Waals surface area contributed by atoms with E-state index in [1.807, 2.05) is 60.7 Å². The summed E-state index contributed by atoms with van der Waals surface area (Å²) in [6.45, 7) is 0.110. The van der Waals surface area contributed by atoms with Gasteiger partial charge in [0.05, 0.1) is 12.1 Å². The molecule has 0 bridgehead atoms. The van der Waals surface area contributed by atoms with Crippen molar-refractivity contribution in [3.8, 4) is 0 Å². The first-order valence-electron chi connectivity index (χ1n) is 15.2. The van der Waals surface area contributed by atoms with Gasteiger partial charge in [0.15, 0.2) is 0 Å². The molecule has 1 aromatic carbocycles. The van der Waals surface area contributed by atoms with Crippen LogP contribution in [0.4, 0.5) is 19.9 Å². The van der Waals surface area contributed by atoms with E-state index in [1.54, 1.807) is 11.8 Å². The molecular formula is C31H32N8O6S3. The summed E-state index contributed by atoms with van der Waals surface area (Å²) >= 11 is 4.31. The molecule has 4 amide bonds. The molecule has 0 saturated carbocycles. The molecule has 14 nitrogen and oxygen atoms in total. The van der Waals surface area contributed by atoms with Crippen LogP contribution in [0.1, 0.15) is 28.0 Å². The van der Waals surface area contributed by atoms with Gasteiger partial charge in [0.1, 0.15) is 36.3 Å². The number of allylic oxidation sites excluding steroid dienone is 5. The average Bonchev–Trinajstić information content (AvgIpc) is 3.88. The van der Waals surface area contributed by atoms with Gasteiger partial charge in [0.2, 0.25) is 22.1 Å². The molecule has 2 N–H and O–H groups in total. The number of carbonyl (C=O) groups excluding carboxylic acids is 4. The van der Waals surface area contributed by atoms with Gasteiger partial charge in [0.25, 0.3) is 0 Å². The highest BCUT2D eigenvalue weighted by Gasteiger charge is 2.36. The maximum absolute atomic E-state index is 12.7. The molecular weight excluding hydrogens is 677 g/mol. The summed E-state index contributed by atoms with van der Waals surface area (Å²) in [6, 6.07) is 8.82. The van der Waals surface area contributed by atoms with E-state index in [0.29, 0.717) is 23.1 Å². The van der Waals surface area contributed by atoms with Crippen LogP contribution in [0.15, 0.2) is 66.3 Å². The summed E-state index contributed by atoms with van der Waals surface area (Å²) in [4.78, 5) is 52.7. The smallest absolute Gasteiger partial charge is 0.410 e. The highest BCUT2D eigenvalue weighted by Crippen LogP contribution is 2.28. The average molecular weight is 709 g/mol. The molecule has 3 aromatic rings. The third-order valence-corrected chi connectivity index (χ3v) is 10.2. The Hall–Kier alpha value is -4.61. The normalized spacial score (nSPS) is 19.5. The second-order valence-electron chi connectivity index (χ2n) is 10.8. The molecule has 2 saturated heterocycles. The topological polar surface area (TPSA) is 169 Å². The minimum atomic E-state index is -0.526. The Morgan fingerprint density at radius 2 is 1.48 bits per heavy atom. The highest BCUT2D eigenvalue weighted by molar-refractivity contribution is 7.99. The third kappa shape index (κ3) is 8.84. The number of aryl methyl sites for hydroxylation is 2. The molecule has 2 aromatic heterocycles. The highest BCUT2D eigenvalue weighted by atomic mass is 32.2. The number of carbonyl (C=O) groups is 4. The number of nitrogens with one attached hydrogen (secondary N) is 2. The van der Waals surface area contributed by atoms with Crippen molar-refractivity contribution in [3.63, 3.8) is 0 Å². The van der Waals surface area contributed by atoms with Crippen molar-refractivity contribution >= 4 is 68.7 Å². The number of hydrogen-bond donors (Lipinski definition) is 2. The minimum Gasteiger partial charge on any atom is -0.447 e. The third-order valence-electron chi connectivity index (χ3n) is 7.46. The van der Waals surface area contributed by atoms with E-state index < -0.39 is 12.2 Å². The van der Waals surface area contributed by atoms with Gasteiger partial charge in [-0.15, -0.1) is 20.4 Å². The lowest BCUT2D eigenvalue weighted by Gasteiger charge is -2.20. The fourth-order valence-corrected chi connectivity index (χ4v) is 7.77. The van der Waals surface area contributed by atoms with Crippen LogP contribution in [-0.4, -0.2) is 98.0 Å². The molecule has 2 aliphatic heterocycles. The van der Waals surface area contributed by atoms with E-state index in [4.69, 9.17) is 9.47 Å². The number of amides is 4. The van der Waals surface area contributed by atoms with Crippen LogP contribution < -0.4 is 10.6 Å². The molecule has 2 unspecified atom stereocenters. The zero-order chi connectivity index (χ0) is 33.3. The van der Waals surface area contributed by atoms with Gasteiger partial charge in [-0.2, -0.15) is 11.8 Å². The first kappa shape index (κ1) is 33.3. The summed E-state index contributed by atoms with van der Waals surface area (Å²) in [6.07, 6.45) is 10.9. The van der Waals surface area contributed by atoms with E-state index >= 15 is 0 Å². The lowest BCUT2D eigenvalue weighted by molar-refractivity contribution is -0.117. The van der Waals surface area contributed by atoms with Crippen molar-refractivity contribution in [2.24, 2.45) is 0 Å². The number of hydrogen-bond acceptors (Lipinski definition) is 13. The van der Waals surface area contributed by atoms with Crippen molar-refractivity contribution < 1.29 is 28.7 Å². The quantitative estimate of drug-likeness (QED) is 0.230. The monoisotopic (exact) mass is 708 g/mol. The van der Waals surface area contributed by atoms with Gasteiger partial charge in [-0.25, -0.2) is 9.59 Å². The van der Waals surface area contributed by atoms with Crippen LogP contribution >= 0.6 is 34.4 Å². The van der Waals surface area contributed by atoms with E-state index in [0.717, 1.165) is 39.1 Å². The predicted octanol–water partition coefficient (Wildman–Crippen LogP) is 4.24. The maximum atomic E-state index is 12.7. The number of cyclic esters (lactones) is 2. The van der Waals surface area contributed by atoms with E-state index in [-0.39, 0.29) is 50.2 Å². The van der Waals surface area contributed by atoms with Gasteiger partial charge in [-0.05, 0) is 29.1 Å². The van der Waals surface area contributed by atoms with Crippen LogP contribution in [0.2, 0.25) is 0 Å². The molecule has 250 valence electrons. The Morgan fingerprint density at radius 3 is 2.12 bits per heavy atom. The van der Waals surface area contributed by atoms with Crippen molar-refractivity contribution in [3.05, 3.63) is 81.9 Å². The molecule has 4 heterocycles. The minimum absolute atomic E-state index is 0.142. The van der Waals surface area contributed by atoms with Gasteiger partial charge in [0, 0.05) is 12.8 Å². The van der Waals surface area contributed by atoms with Gasteiger partial charge >= 0.3 is 12.2 Å². The Balaban J connectivity index is 0.883. The van der Waals surface area contributed by atoms with Crippen molar-refractivity contribution in [2.75, 3.05) is 48.4 Å². The SMILES string of the molecule is O=C(CN1C(=O)OCC1C=C1C=CC=CC1)Nc1nnc(CCSCCc2nnc(NC(=O)CN3C(=O)OCC3c3ccccc3)s2)s1. The molecule has 6 rings (SSSR count). The second kappa shape index (κ2) is 16.0. The second-order valence-corrected chi connectivity index (χ2v) is 14.2. The van der Waals surface area contributed by atoms with Crippen molar-refractivity contribution in [1.29, 1.82) is 0 Å². The van der Waals surface area contributed by atoms with E-state index in [2.05, 4.69) is 31.0 Å². The predicted molar refractivity (Wildman–Crippen MR) is 182 cm³/mol. The Kier molecular flexibility index (Phi) is 11.1. The summed E-state index contributed by atoms with van der Waals surface area (Å²) < 4.78 is 10.4. The molecule has 48 heavy (non-hydrogen) atoms. The zero-order valence-corrected chi connectivity index (χ0v) is 28.1. The van der Waals surface area contributed by atoms with Crippen LogP contribution in [0.3, 0.4) is 0 Å². The molecule has 1 aliphatic carbocycles. The van der Waals surface area contributed by atoms with Crippen LogP contribution in [0.5, 0.6) is 0 Å². The zero-order valence-electron chi connectivity index (χ0n) is 25.6. The van der Waals surface area contributed by atoms with Crippen molar-refractivity contribution in [1.82, 2.24) is 30.2 Å². The van der Waals surface area contributed by atoms with E-state index in [9.17, 15) is 19.2 Å². The molecule has 2 fully saturated rings. The summed E-state index contributed by atoms with van der Waals surface area (Å²) in [5, 5.41) is 24.3. The lowest BCUT2D eigenvalue weighted by atomic mass is 10.0. The first-order chi connectivity index (χ1) is 23.4. The number of thioether (sulfide) groups is 1. The number of ether oxygens (including phenoxy) is 2. The number of nitrogens with zero attached hydrogens (tertiary/aromatic N) is 6. The summed E-state index contributed by atoms with van der Waals surface area (Å²) in [7, 11) is 0. The van der Waals surface area contributed by atoms with Gasteiger partial charge in [-0.1, -0.05) is 83.4 Å². The molecule has 2 atom stereocenters. The number of aromatic nitrogens is 4. The van der Waals surface area contributed by atoms with E-state index in [1.165, 1.54) is 32.5 Å². The number of rotatable bonds is 14.